The number of thiophene rings is 1. The molecular weight excluding hydrogens is 487 g/mol. The van der Waals surface area contributed by atoms with Crippen molar-refractivity contribution < 1.29 is 18.7 Å². The van der Waals surface area contributed by atoms with Crippen molar-refractivity contribution in [3.8, 4) is 5.75 Å². The van der Waals surface area contributed by atoms with Crippen LogP contribution in [0.15, 0.2) is 60.0 Å². The Morgan fingerprint density at radius 3 is 2.60 bits per heavy atom. The molecule has 1 aromatic heterocycles. The highest BCUT2D eigenvalue weighted by Gasteiger charge is 2.34. The number of benzene rings is 2. The normalized spacial score (nSPS) is 14.9. The maximum atomic E-state index is 13.6. The van der Waals surface area contributed by atoms with E-state index in [0.29, 0.717) is 23.9 Å². The second-order valence-electron chi connectivity index (χ2n) is 8.50. The molecule has 0 fully saturated rings. The Hall–Kier alpha value is -2.90. The molecule has 35 heavy (non-hydrogen) atoms. The van der Waals surface area contributed by atoms with Crippen LogP contribution in [0.25, 0.3) is 0 Å². The SMILES string of the molecule is CCCCN(CC(=O)N1CCc2sccc2C1c1ccc(F)cc1)C(=O)COc1ccc(Cl)cc1. The van der Waals surface area contributed by atoms with Gasteiger partial charge in [-0.05, 0) is 71.8 Å². The fourth-order valence-electron chi connectivity index (χ4n) is 4.25. The first-order valence-electron chi connectivity index (χ1n) is 11.7. The number of unbranched alkanes of at least 4 members (excludes halogenated alkanes) is 1. The molecule has 0 bridgehead atoms. The van der Waals surface area contributed by atoms with Crippen LogP contribution >= 0.6 is 22.9 Å². The molecular formula is C27H28ClFN2O3S. The van der Waals surface area contributed by atoms with Crippen molar-refractivity contribution in [2.45, 2.75) is 32.2 Å². The predicted octanol–water partition coefficient (Wildman–Crippen LogP) is 5.72. The number of halogens is 2. The fourth-order valence-corrected chi connectivity index (χ4v) is 5.28. The van der Waals surface area contributed by atoms with Gasteiger partial charge in [-0.2, -0.15) is 0 Å². The first-order valence-corrected chi connectivity index (χ1v) is 13.0. The number of ether oxygens (including phenoxy) is 1. The number of hydrogen-bond donors (Lipinski definition) is 0. The number of nitrogens with zero attached hydrogens (tertiary/aromatic N) is 2. The highest BCUT2D eigenvalue weighted by atomic mass is 35.5. The van der Waals surface area contributed by atoms with Gasteiger partial charge in [0.05, 0.1) is 12.6 Å². The first-order chi connectivity index (χ1) is 17.0. The molecule has 1 aliphatic rings. The lowest BCUT2D eigenvalue weighted by Gasteiger charge is -2.37. The summed E-state index contributed by atoms with van der Waals surface area (Å²) in [6.45, 7) is 2.88. The minimum Gasteiger partial charge on any atom is -0.484 e. The summed E-state index contributed by atoms with van der Waals surface area (Å²) in [4.78, 5) is 31.2. The van der Waals surface area contributed by atoms with Gasteiger partial charge in [0.15, 0.2) is 6.61 Å². The third kappa shape index (κ3) is 6.21. The van der Waals surface area contributed by atoms with Gasteiger partial charge < -0.3 is 14.5 Å². The van der Waals surface area contributed by atoms with Crippen LogP contribution in [-0.4, -0.2) is 47.9 Å². The van der Waals surface area contributed by atoms with Gasteiger partial charge in [-0.25, -0.2) is 4.39 Å². The molecule has 8 heteroatoms. The van der Waals surface area contributed by atoms with Gasteiger partial charge in [0.25, 0.3) is 5.91 Å². The molecule has 3 aromatic rings. The Morgan fingerprint density at radius 1 is 1.14 bits per heavy atom. The van der Waals surface area contributed by atoms with Gasteiger partial charge in [0.1, 0.15) is 11.6 Å². The van der Waals surface area contributed by atoms with E-state index in [-0.39, 0.29) is 36.8 Å². The third-order valence-corrected chi connectivity index (χ3v) is 7.36. The van der Waals surface area contributed by atoms with E-state index in [1.165, 1.54) is 17.0 Å². The molecule has 1 aliphatic heterocycles. The molecule has 4 rings (SSSR count). The predicted molar refractivity (Wildman–Crippen MR) is 136 cm³/mol. The zero-order chi connectivity index (χ0) is 24.8. The third-order valence-electron chi connectivity index (χ3n) is 6.11. The van der Waals surface area contributed by atoms with Gasteiger partial charge in [-0.3, -0.25) is 9.59 Å². The molecule has 1 unspecified atom stereocenters. The number of hydrogen-bond acceptors (Lipinski definition) is 4. The molecule has 1 atom stereocenters. The smallest absolute Gasteiger partial charge is 0.260 e. The van der Waals surface area contributed by atoms with E-state index in [1.807, 2.05) is 23.3 Å². The van der Waals surface area contributed by atoms with Crippen LogP contribution < -0.4 is 4.74 Å². The second-order valence-corrected chi connectivity index (χ2v) is 9.94. The van der Waals surface area contributed by atoms with Gasteiger partial charge in [-0.15, -0.1) is 11.3 Å². The molecule has 5 nitrogen and oxygen atoms in total. The van der Waals surface area contributed by atoms with Crippen molar-refractivity contribution in [2.24, 2.45) is 0 Å². The van der Waals surface area contributed by atoms with Crippen molar-refractivity contribution in [3.05, 3.63) is 86.8 Å². The summed E-state index contributed by atoms with van der Waals surface area (Å²) in [6.07, 6.45) is 2.45. The van der Waals surface area contributed by atoms with Crippen molar-refractivity contribution in [1.29, 1.82) is 0 Å². The van der Waals surface area contributed by atoms with E-state index < -0.39 is 0 Å². The molecule has 0 spiro atoms. The molecule has 0 aliphatic carbocycles. The second kappa shape index (κ2) is 11.7. The molecule has 2 amide bonds. The molecule has 0 N–H and O–H groups in total. The Bertz CT molecular complexity index is 1150. The topological polar surface area (TPSA) is 49.9 Å². The highest BCUT2D eigenvalue weighted by Crippen LogP contribution is 2.38. The van der Waals surface area contributed by atoms with Crippen LogP contribution in [0.4, 0.5) is 4.39 Å². The Kier molecular flexibility index (Phi) is 8.42. The minimum absolute atomic E-state index is 0.0278. The maximum Gasteiger partial charge on any atom is 0.260 e. The maximum absolute atomic E-state index is 13.6. The van der Waals surface area contributed by atoms with Crippen LogP contribution in [0.3, 0.4) is 0 Å². The van der Waals surface area contributed by atoms with E-state index >= 15 is 0 Å². The van der Waals surface area contributed by atoms with E-state index in [2.05, 4.69) is 0 Å². The highest BCUT2D eigenvalue weighted by molar-refractivity contribution is 7.10. The van der Waals surface area contributed by atoms with E-state index in [1.54, 1.807) is 52.6 Å². The summed E-state index contributed by atoms with van der Waals surface area (Å²) in [5.74, 6) is -0.146. The Labute approximate surface area is 214 Å². The van der Waals surface area contributed by atoms with Gasteiger partial charge in [-0.1, -0.05) is 37.1 Å². The molecule has 2 aromatic carbocycles. The largest absolute Gasteiger partial charge is 0.484 e. The summed E-state index contributed by atoms with van der Waals surface area (Å²) in [6, 6.07) is 14.8. The van der Waals surface area contributed by atoms with Crippen molar-refractivity contribution in [3.63, 3.8) is 0 Å². The lowest BCUT2D eigenvalue weighted by molar-refractivity contribution is -0.142. The number of carbonyl (C=O) groups is 2. The van der Waals surface area contributed by atoms with E-state index in [4.69, 9.17) is 16.3 Å². The molecule has 2 heterocycles. The van der Waals surface area contributed by atoms with Gasteiger partial charge in [0.2, 0.25) is 5.91 Å². The number of rotatable bonds is 9. The standard InChI is InChI=1S/C27H28ClFN2O3S/c1-2-3-14-30(26(33)18-34-22-10-6-20(28)7-11-22)17-25(32)31-15-12-24-23(13-16-35-24)27(31)19-4-8-21(29)9-5-19/h4-11,13,16,27H,2-3,12,14-15,17-18H2,1H3. The average molecular weight is 515 g/mol. The Balaban J connectivity index is 1.50. The number of carbonyl (C=O) groups excluding carboxylic acids is 2. The Morgan fingerprint density at radius 2 is 1.89 bits per heavy atom. The summed E-state index contributed by atoms with van der Waals surface area (Å²) >= 11 is 7.58. The average Bonchev–Trinajstić information content (AvgIpc) is 3.35. The van der Waals surface area contributed by atoms with E-state index in [0.717, 1.165) is 30.4 Å². The van der Waals surface area contributed by atoms with Gasteiger partial charge in [0, 0.05) is 23.0 Å². The van der Waals surface area contributed by atoms with Crippen LogP contribution in [-0.2, 0) is 16.0 Å². The zero-order valence-electron chi connectivity index (χ0n) is 19.6. The van der Waals surface area contributed by atoms with E-state index in [9.17, 15) is 14.0 Å². The van der Waals surface area contributed by atoms with Crippen LogP contribution in [0, 0.1) is 5.82 Å². The van der Waals surface area contributed by atoms with Crippen molar-refractivity contribution in [1.82, 2.24) is 9.80 Å². The summed E-state index contributed by atoms with van der Waals surface area (Å²) < 4.78 is 19.2. The van der Waals surface area contributed by atoms with Gasteiger partial charge >= 0.3 is 0 Å². The molecule has 0 saturated heterocycles. The quantitative estimate of drug-likeness (QED) is 0.367. The van der Waals surface area contributed by atoms with Crippen LogP contribution in [0.1, 0.15) is 41.8 Å². The molecule has 0 radical (unpaired) electrons. The number of fused-ring (bicyclic) bond motifs is 1. The monoisotopic (exact) mass is 514 g/mol. The lowest BCUT2D eigenvalue weighted by Crippen LogP contribution is -2.47. The molecule has 184 valence electrons. The minimum atomic E-state index is -0.315. The van der Waals surface area contributed by atoms with Crippen LogP contribution in [0.5, 0.6) is 5.75 Å². The summed E-state index contributed by atoms with van der Waals surface area (Å²) in [7, 11) is 0. The lowest BCUT2D eigenvalue weighted by atomic mass is 9.93. The summed E-state index contributed by atoms with van der Waals surface area (Å²) in [5.41, 5.74) is 1.93. The summed E-state index contributed by atoms with van der Waals surface area (Å²) in [5, 5.41) is 2.62. The first kappa shape index (κ1) is 25.2. The van der Waals surface area contributed by atoms with Crippen molar-refractivity contribution >= 4 is 34.8 Å². The fraction of sp³-hybridized carbons (Fsp3) is 0.333. The van der Waals surface area contributed by atoms with Crippen LogP contribution in [0.2, 0.25) is 5.02 Å². The zero-order valence-corrected chi connectivity index (χ0v) is 21.2. The molecule has 0 saturated carbocycles. The number of amides is 2. The van der Waals surface area contributed by atoms with Crippen molar-refractivity contribution in [2.75, 3.05) is 26.2 Å².